The minimum absolute atomic E-state index is 0.168. The van der Waals surface area contributed by atoms with E-state index in [0.717, 1.165) is 36.1 Å². The van der Waals surface area contributed by atoms with Gasteiger partial charge in [-0.05, 0) is 42.0 Å². The predicted octanol–water partition coefficient (Wildman–Crippen LogP) is 5.78. The Morgan fingerprint density at radius 2 is 1.89 bits per heavy atom. The standard InChI is InChI=1S/C27H25Cl2N5O2/c28-21-14-30-15-22(29)25(21)27(35)33-13-18-4-1-5-19(12-18)16-34(17-24-31-10-11-36-24)23-8-2-6-20-7-3-9-32-26(20)23/h1,3-5,7,9-12,14-15,23H,2,6,8,13,16-17H2,(H,33,35). The summed E-state index contributed by atoms with van der Waals surface area (Å²) in [4.78, 5) is 28.0. The maximum Gasteiger partial charge on any atom is 0.254 e. The summed E-state index contributed by atoms with van der Waals surface area (Å²) in [6.07, 6.45) is 11.1. The first-order chi connectivity index (χ1) is 17.6. The zero-order chi connectivity index (χ0) is 24.9. The van der Waals surface area contributed by atoms with Gasteiger partial charge in [0.1, 0.15) is 6.26 Å². The van der Waals surface area contributed by atoms with Crippen LogP contribution in [0.25, 0.3) is 0 Å². The Morgan fingerprint density at radius 1 is 1.06 bits per heavy atom. The van der Waals surface area contributed by atoms with Crippen molar-refractivity contribution in [2.45, 2.75) is 44.9 Å². The molecule has 1 unspecified atom stereocenters. The van der Waals surface area contributed by atoms with Crippen molar-refractivity contribution in [3.8, 4) is 0 Å². The van der Waals surface area contributed by atoms with Crippen molar-refractivity contribution in [2.75, 3.05) is 0 Å². The Kier molecular flexibility index (Phi) is 7.60. The molecule has 0 radical (unpaired) electrons. The highest BCUT2D eigenvalue weighted by Gasteiger charge is 2.28. The number of benzene rings is 1. The summed E-state index contributed by atoms with van der Waals surface area (Å²) < 4.78 is 5.58. The van der Waals surface area contributed by atoms with E-state index >= 15 is 0 Å². The van der Waals surface area contributed by atoms with Crippen molar-refractivity contribution < 1.29 is 9.21 Å². The van der Waals surface area contributed by atoms with Crippen LogP contribution in [0, 0.1) is 0 Å². The topological polar surface area (TPSA) is 84.2 Å². The molecule has 9 heteroatoms. The molecular weight excluding hydrogens is 497 g/mol. The van der Waals surface area contributed by atoms with Crippen molar-refractivity contribution in [1.29, 1.82) is 0 Å². The van der Waals surface area contributed by atoms with E-state index in [4.69, 9.17) is 32.6 Å². The minimum atomic E-state index is -0.340. The van der Waals surface area contributed by atoms with Gasteiger partial charge in [-0.3, -0.25) is 19.7 Å². The third-order valence-corrected chi connectivity index (χ3v) is 6.91. The first kappa shape index (κ1) is 24.4. The Hall–Kier alpha value is -3.26. The summed E-state index contributed by atoms with van der Waals surface area (Å²) in [7, 11) is 0. The molecule has 36 heavy (non-hydrogen) atoms. The Labute approximate surface area is 219 Å². The second-order valence-electron chi connectivity index (χ2n) is 8.77. The number of aryl methyl sites for hydroxylation is 1. The van der Waals surface area contributed by atoms with E-state index in [1.54, 1.807) is 12.5 Å². The molecule has 1 amide bonds. The molecule has 0 aliphatic heterocycles. The van der Waals surface area contributed by atoms with E-state index in [1.807, 2.05) is 24.4 Å². The Morgan fingerprint density at radius 3 is 2.69 bits per heavy atom. The largest absolute Gasteiger partial charge is 0.448 e. The minimum Gasteiger partial charge on any atom is -0.448 e. The second-order valence-corrected chi connectivity index (χ2v) is 9.58. The van der Waals surface area contributed by atoms with Crippen LogP contribution in [0.5, 0.6) is 0 Å². The van der Waals surface area contributed by atoms with Gasteiger partial charge < -0.3 is 9.73 Å². The van der Waals surface area contributed by atoms with Gasteiger partial charge in [0.25, 0.3) is 5.91 Å². The molecule has 1 aromatic carbocycles. The average molecular weight is 522 g/mol. The van der Waals surface area contributed by atoms with Gasteiger partial charge in [-0.25, -0.2) is 4.98 Å². The maximum absolute atomic E-state index is 12.7. The molecule has 3 heterocycles. The van der Waals surface area contributed by atoms with Gasteiger partial charge in [0.05, 0.1) is 40.1 Å². The SMILES string of the molecule is O=C(NCc1cccc(CN(Cc2ncco2)C2CCCc3cccnc32)c1)c1c(Cl)cncc1Cl. The highest BCUT2D eigenvalue weighted by Crippen LogP contribution is 2.34. The molecule has 3 aromatic heterocycles. The molecule has 184 valence electrons. The molecule has 1 aliphatic carbocycles. The summed E-state index contributed by atoms with van der Waals surface area (Å²) >= 11 is 12.3. The van der Waals surface area contributed by atoms with Gasteiger partial charge in [-0.1, -0.05) is 53.5 Å². The first-order valence-corrected chi connectivity index (χ1v) is 12.6. The molecular formula is C27H25Cl2N5O2. The molecule has 1 N–H and O–H groups in total. The predicted molar refractivity (Wildman–Crippen MR) is 138 cm³/mol. The monoisotopic (exact) mass is 521 g/mol. The molecule has 0 fully saturated rings. The molecule has 0 saturated heterocycles. The van der Waals surface area contributed by atoms with Crippen molar-refractivity contribution in [3.05, 3.63) is 111 Å². The van der Waals surface area contributed by atoms with Crippen LogP contribution in [0.15, 0.2) is 71.9 Å². The van der Waals surface area contributed by atoms with Crippen molar-refractivity contribution in [3.63, 3.8) is 0 Å². The van der Waals surface area contributed by atoms with Gasteiger partial charge >= 0.3 is 0 Å². The van der Waals surface area contributed by atoms with Gasteiger partial charge in [0.15, 0.2) is 0 Å². The quantitative estimate of drug-likeness (QED) is 0.316. The summed E-state index contributed by atoms with van der Waals surface area (Å²) in [6.45, 7) is 1.61. The number of carbonyl (C=O) groups is 1. The van der Waals surface area contributed by atoms with Gasteiger partial charge in [0, 0.05) is 31.7 Å². The summed E-state index contributed by atoms with van der Waals surface area (Å²) in [5.41, 5.74) is 4.75. The van der Waals surface area contributed by atoms with Gasteiger partial charge in [-0.15, -0.1) is 0 Å². The lowest BCUT2D eigenvalue weighted by atomic mass is 9.90. The number of aromatic nitrogens is 3. The van der Waals surface area contributed by atoms with Crippen LogP contribution in [0.4, 0.5) is 0 Å². The normalized spacial score (nSPS) is 15.0. The highest BCUT2D eigenvalue weighted by atomic mass is 35.5. The lowest BCUT2D eigenvalue weighted by Gasteiger charge is -2.34. The third kappa shape index (κ3) is 5.59. The van der Waals surface area contributed by atoms with E-state index in [-0.39, 0.29) is 27.6 Å². The fraction of sp³-hybridized carbons (Fsp3) is 0.259. The third-order valence-electron chi connectivity index (χ3n) is 6.34. The van der Waals surface area contributed by atoms with Crippen LogP contribution >= 0.6 is 23.2 Å². The number of carbonyl (C=O) groups excluding carboxylic acids is 1. The van der Waals surface area contributed by atoms with Crippen LogP contribution in [-0.2, 0) is 26.1 Å². The van der Waals surface area contributed by atoms with Gasteiger partial charge in [-0.2, -0.15) is 0 Å². The number of fused-ring (bicyclic) bond motifs is 1. The molecule has 1 aliphatic rings. The fourth-order valence-corrected chi connectivity index (χ4v) is 5.23. The summed E-state index contributed by atoms with van der Waals surface area (Å²) in [6, 6.07) is 12.5. The van der Waals surface area contributed by atoms with E-state index < -0.39 is 0 Å². The second kappa shape index (κ2) is 11.2. The maximum atomic E-state index is 12.7. The highest BCUT2D eigenvalue weighted by molar-refractivity contribution is 6.39. The number of oxazole rings is 1. The van der Waals surface area contributed by atoms with Crippen molar-refractivity contribution >= 4 is 29.1 Å². The zero-order valence-electron chi connectivity index (χ0n) is 19.5. The number of nitrogens with zero attached hydrogens (tertiary/aromatic N) is 4. The Bertz CT molecular complexity index is 1330. The molecule has 7 nitrogen and oxygen atoms in total. The Balaban J connectivity index is 1.33. The molecule has 1 atom stereocenters. The van der Waals surface area contributed by atoms with Crippen LogP contribution < -0.4 is 5.32 Å². The van der Waals surface area contributed by atoms with E-state index in [0.29, 0.717) is 25.5 Å². The van der Waals surface area contributed by atoms with Crippen LogP contribution in [0.2, 0.25) is 10.0 Å². The number of hydrogen-bond acceptors (Lipinski definition) is 6. The molecule has 0 bridgehead atoms. The number of rotatable bonds is 8. The number of pyridine rings is 2. The summed E-state index contributed by atoms with van der Waals surface area (Å²) in [5, 5.41) is 3.35. The zero-order valence-corrected chi connectivity index (χ0v) is 21.0. The number of nitrogens with one attached hydrogen (secondary N) is 1. The molecule has 0 saturated carbocycles. The number of hydrogen-bond donors (Lipinski definition) is 1. The lowest BCUT2D eigenvalue weighted by molar-refractivity contribution is 0.0951. The van der Waals surface area contributed by atoms with E-state index in [2.05, 4.69) is 38.4 Å². The van der Waals surface area contributed by atoms with Crippen molar-refractivity contribution in [2.24, 2.45) is 0 Å². The number of amides is 1. The summed E-state index contributed by atoms with van der Waals surface area (Å²) in [5.74, 6) is 0.334. The fourth-order valence-electron chi connectivity index (χ4n) is 4.69. The van der Waals surface area contributed by atoms with Crippen molar-refractivity contribution in [1.82, 2.24) is 25.2 Å². The molecule has 4 aromatic rings. The smallest absolute Gasteiger partial charge is 0.254 e. The first-order valence-electron chi connectivity index (χ1n) is 11.8. The van der Waals surface area contributed by atoms with Gasteiger partial charge in [0.2, 0.25) is 5.89 Å². The lowest BCUT2D eigenvalue weighted by Crippen LogP contribution is -2.31. The van der Waals surface area contributed by atoms with E-state index in [9.17, 15) is 4.79 Å². The van der Waals surface area contributed by atoms with E-state index in [1.165, 1.54) is 18.0 Å². The van der Waals surface area contributed by atoms with Crippen LogP contribution in [0.3, 0.4) is 0 Å². The van der Waals surface area contributed by atoms with Crippen LogP contribution in [-0.4, -0.2) is 25.8 Å². The number of halogens is 2. The van der Waals surface area contributed by atoms with Crippen LogP contribution in [0.1, 0.15) is 57.5 Å². The molecule has 5 rings (SSSR count). The average Bonchev–Trinajstić information content (AvgIpc) is 3.40. The molecule has 0 spiro atoms.